The van der Waals surface area contributed by atoms with Crippen molar-refractivity contribution in [3.8, 4) is 5.75 Å². The number of piperidine rings is 1. The second-order valence-electron chi connectivity index (χ2n) is 4.47. The van der Waals surface area contributed by atoms with Gasteiger partial charge in [0.2, 0.25) is 0 Å². The number of hydrogen-bond acceptors (Lipinski definition) is 2. The molecule has 1 aromatic carbocycles. The van der Waals surface area contributed by atoms with Gasteiger partial charge in [-0.05, 0) is 37.1 Å². The van der Waals surface area contributed by atoms with Gasteiger partial charge in [0, 0.05) is 13.1 Å². The lowest BCUT2D eigenvalue weighted by Gasteiger charge is -2.26. The van der Waals surface area contributed by atoms with Crippen molar-refractivity contribution in [2.24, 2.45) is 0 Å². The van der Waals surface area contributed by atoms with E-state index in [-0.39, 0.29) is 0 Å². The van der Waals surface area contributed by atoms with E-state index < -0.39 is 11.7 Å². The molecule has 2 rings (SSSR count). The fourth-order valence-electron chi connectivity index (χ4n) is 1.99. The van der Waals surface area contributed by atoms with E-state index in [9.17, 15) is 13.2 Å². The number of ether oxygens (including phenoxy) is 1. The number of benzene rings is 1. The summed E-state index contributed by atoms with van der Waals surface area (Å²) in [6.07, 6.45) is -0.713. The highest BCUT2D eigenvalue weighted by atomic mass is 19.4. The molecular formula is C13H16F3NO. The predicted octanol–water partition coefficient (Wildman–Crippen LogP) is 3.53. The van der Waals surface area contributed by atoms with E-state index in [0.29, 0.717) is 12.5 Å². The summed E-state index contributed by atoms with van der Waals surface area (Å²) in [5.74, 6) is 0.480. The second-order valence-corrected chi connectivity index (χ2v) is 4.47. The molecule has 0 radical (unpaired) electrons. The van der Waals surface area contributed by atoms with Gasteiger partial charge in [0.1, 0.15) is 12.5 Å². The average molecular weight is 259 g/mol. The SMILES string of the molecule is FC(F)(F)c1ccc(OCN2CCCCC2)cc1. The summed E-state index contributed by atoms with van der Waals surface area (Å²) < 4.78 is 42.5. The van der Waals surface area contributed by atoms with Gasteiger partial charge in [-0.2, -0.15) is 13.2 Å². The van der Waals surface area contributed by atoms with Crippen molar-refractivity contribution in [3.05, 3.63) is 29.8 Å². The standard InChI is InChI=1S/C13H16F3NO/c14-13(15,16)11-4-6-12(7-5-11)18-10-17-8-2-1-3-9-17/h4-7H,1-3,8-10H2. The molecular weight excluding hydrogens is 243 g/mol. The van der Waals surface area contributed by atoms with Crippen LogP contribution in [0.5, 0.6) is 5.75 Å². The lowest BCUT2D eigenvalue weighted by molar-refractivity contribution is -0.137. The Labute approximate surface area is 104 Å². The van der Waals surface area contributed by atoms with Gasteiger partial charge in [-0.25, -0.2) is 0 Å². The average Bonchev–Trinajstić information content (AvgIpc) is 2.37. The first-order chi connectivity index (χ1) is 8.55. The fourth-order valence-corrected chi connectivity index (χ4v) is 1.99. The highest BCUT2D eigenvalue weighted by molar-refractivity contribution is 5.28. The molecule has 0 amide bonds. The van der Waals surface area contributed by atoms with Crippen LogP contribution < -0.4 is 4.74 Å². The summed E-state index contributed by atoms with van der Waals surface area (Å²) in [5, 5.41) is 0. The fraction of sp³-hybridized carbons (Fsp3) is 0.538. The van der Waals surface area contributed by atoms with Gasteiger partial charge < -0.3 is 4.74 Å². The lowest BCUT2D eigenvalue weighted by Crippen LogP contribution is -2.33. The van der Waals surface area contributed by atoms with Crippen LogP contribution in [-0.4, -0.2) is 24.7 Å². The zero-order chi connectivity index (χ0) is 13.0. The monoisotopic (exact) mass is 259 g/mol. The molecule has 5 heteroatoms. The zero-order valence-corrected chi connectivity index (χ0v) is 10.0. The Morgan fingerprint density at radius 3 is 2.17 bits per heavy atom. The normalized spacial score (nSPS) is 17.7. The predicted molar refractivity (Wildman–Crippen MR) is 62.4 cm³/mol. The second kappa shape index (κ2) is 5.61. The van der Waals surface area contributed by atoms with Crippen LogP contribution in [0.3, 0.4) is 0 Å². The minimum Gasteiger partial charge on any atom is -0.478 e. The van der Waals surface area contributed by atoms with Crippen LogP contribution in [0.15, 0.2) is 24.3 Å². The van der Waals surface area contributed by atoms with Crippen LogP contribution in [0.25, 0.3) is 0 Å². The van der Waals surface area contributed by atoms with Crippen LogP contribution in [-0.2, 0) is 6.18 Å². The maximum atomic E-state index is 12.3. The van der Waals surface area contributed by atoms with E-state index in [4.69, 9.17) is 4.74 Å². The molecule has 0 bridgehead atoms. The Bertz CT molecular complexity index is 369. The van der Waals surface area contributed by atoms with Gasteiger partial charge in [0.15, 0.2) is 0 Å². The Morgan fingerprint density at radius 2 is 1.61 bits per heavy atom. The third-order valence-electron chi connectivity index (χ3n) is 3.04. The largest absolute Gasteiger partial charge is 0.478 e. The van der Waals surface area contributed by atoms with Crippen LogP contribution in [0.2, 0.25) is 0 Å². The van der Waals surface area contributed by atoms with Crippen molar-refractivity contribution in [2.75, 3.05) is 19.8 Å². The van der Waals surface area contributed by atoms with Gasteiger partial charge in [0.05, 0.1) is 5.56 Å². The number of alkyl halides is 3. The first-order valence-electron chi connectivity index (χ1n) is 6.08. The van der Waals surface area contributed by atoms with E-state index in [1.165, 1.54) is 18.6 Å². The van der Waals surface area contributed by atoms with Gasteiger partial charge in [-0.1, -0.05) is 6.42 Å². The first kappa shape index (κ1) is 13.2. The quantitative estimate of drug-likeness (QED) is 0.823. The van der Waals surface area contributed by atoms with Crippen molar-refractivity contribution in [1.29, 1.82) is 0 Å². The molecule has 0 aromatic heterocycles. The van der Waals surface area contributed by atoms with Gasteiger partial charge in [0.25, 0.3) is 0 Å². The van der Waals surface area contributed by atoms with Crippen molar-refractivity contribution in [2.45, 2.75) is 25.4 Å². The summed E-state index contributed by atoms with van der Waals surface area (Å²) in [5.41, 5.74) is -0.646. The summed E-state index contributed by atoms with van der Waals surface area (Å²) in [7, 11) is 0. The minimum atomic E-state index is -4.29. The maximum absolute atomic E-state index is 12.3. The molecule has 0 N–H and O–H groups in total. The van der Waals surface area contributed by atoms with Crippen LogP contribution in [0.1, 0.15) is 24.8 Å². The number of rotatable bonds is 3. The van der Waals surface area contributed by atoms with Crippen molar-refractivity contribution < 1.29 is 17.9 Å². The Balaban J connectivity index is 1.86. The summed E-state index contributed by atoms with van der Waals surface area (Å²) in [6.45, 7) is 2.45. The Morgan fingerprint density at radius 1 is 1.00 bits per heavy atom. The van der Waals surface area contributed by atoms with E-state index in [2.05, 4.69) is 4.90 Å². The van der Waals surface area contributed by atoms with Crippen molar-refractivity contribution >= 4 is 0 Å². The lowest BCUT2D eigenvalue weighted by atomic mass is 10.1. The highest BCUT2D eigenvalue weighted by Gasteiger charge is 2.30. The molecule has 100 valence electrons. The molecule has 0 spiro atoms. The molecule has 1 aliphatic heterocycles. The Hall–Kier alpha value is -1.23. The van der Waals surface area contributed by atoms with E-state index in [0.717, 1.165) is 38.1 Å². The molecule has 1 saturated heterocycles. The Kier molecular flexibility index (Phi) is 4.11. The van der Waals surface area contributed by atoms with Gasteiger partial charge >= 0.3 is 6.18 Å². The summed E-state index contributed by atoms with van der Waals surface area (Å²) in [4.78, 5) is 2.17. The summed E-state index contributed by atoms with van der Waals surface area (Å²) >= 11 is 0. The van der Waals surface area contributed by atoms with Crippen molar-refractivity contribution in [3.63, 3.8) is 0 Å². The molecule has 0 aliphatic carbocycles. The minimum absolute atomic E-state index is 0.450. The molecule has 2 nitrogen and oxygen atoms in total. The van der Waals surface area contributed by atoms with Gasteiger partial charge in [-0.15, -0.1) is 0 Å². The number of halogens is 3. The number of hydrogen-bond donors (Lipinski definition) is 0. The van der Waals surface area contributed by atoms with Gasteiger partial charge in [-0.3, -0.25) is 4.90 Å². The molecule has 1 aromatic rings. The van der Waals surface area contributed by atoms with Crippen LogP contribution >= 0.6 is 0 Å². The van der Waals surface area contributed by atoms with Crippen LogP contribution in [0, 0.1) is 0 Å². The topological polar surface area (TPSA) is 12.5 Å². The number of nitrogens with zero attached hydrogens (tertiary/aromatic N) is 1. The zero-order valence-electron chi connectivity index (χ0n) is 10.0. The maximum Gasteiger partial charge on any atom is 0.416 e. The molecule has 1 heterocycles. The molecule has 18 heavy (non-hydrogen) atoms. The molecule has 0 saturated carbocycles. The smallest absolute Gasteiger partial charge is 0.416 e. The molecule has 1 fully saturated rings. The van der Waals surface area contributed by atoms with E-state index >= 15 is 0 Å². The first-order valence-corrected chi connectivity index (χ1v) is 6.08. The highest BCUT2D eigenvalue weighted by Crippen LogP contribution is 2.30. The van der Waals surface area contributed by atoms with Crippen molar-refractivity contribution in [1.82, 2.24) is 4.90 Å². The van der Waals surface area contributed by atoms with E-state index in [1.54, 1.807) is 0 Å². The molecule has 1 aliphatic rings. The molecule has 0 atom stereocenters. The third-order valence-corrected chi connectivity index (χ3v) is 3.04. The number of likely N-dealkylation sites (tertiary alicyclic amines) is 1. The van der Waals surface area contributed by atoms with E-state index in [1.807, 2.05) is 0 Å². The summed E-state index contributed by atoms with van der Waals surface area (Å²) in [6, 6.07) is 4.83. The third kappa shape index (κ3) is 3.63. The van der Waals surface area contributed by atoms with Crippen LogP contribution in [0.4, 0.5) is 13.2 Å². The molecule has 0 unspecified atom stereocenters.